The van der Waals surface area contributed by atoms with Crippen LogP contribution in [0.25, 0.3) is 0 Å². The molecule has 0 atom stereocenters. The molecule has 0 aliphatic heterocycles. The van der Waals surface area contributed by atoms with Gasteiger partial charge >= 0.3 is 21.1 Å². The Labute approximate surface area is 109 Å². The van der Waals surface area contributed by atoms with Crippen molar-refractivity contribution in [2.45, 2.75) is 13.3 Å². The largest absolute Gasteiger partial charge is 4.00 e. The van der Waals surface area contributed by atoms with Crippen LogP contribution in [0, 0.1) is 6.07 Å². The third-order valence-corrected chi connectivity index (χ3v) is 1.15. The first kappa shape index (κ1) is 17.2. The van der Waals surface area contributed by atoms with Crippen LogP contribution in [0.15, 0.2) is 24.3 Å². The Morgan fingerprint density at radius 1 is 1.50 bits per heavy atom. The Morgan fingerprint density at radius 3 is 2.21 bits per heavy atom. The number of hydrogen-bond donors (Lipinski definition) is 0. The van der Waals surface area contributed by atoms with Gasteiger partial charge in [0, 0.05) is 0 Å². The molecule has 1 aromatic carbocycles. The molecule has 1 rings (SSSR count). The minimum Gasteiger partial charge on any atom is -0.850 e. The third kappa shape index (κ3) is 15.3. The Hall–Kier alpha value is 0.828. The Morgan fingerprint density at radius 2 is 2.00 bits per heavy atom. The van der Waals surface area contributed by atoms with Crippen LogP contribution < -0.4 is 9.79 Å². The van der Waals surface area contributed by atoms with E-state index in [1.165, 1.54) is 5.56 Å². The van der Waals surface area contributed by atoms with E-state index in [-0.39, 0.29) is 21.1 Å². The summed E-state index contributed by atoms with van der Waals surface area (Å²) in [5.41, 5.74) is -2.44. The van der Waals surface area contributed by atoms with Gasteiger partial charge in [-0.3, -0.25) is 0 Å². The first-order valence-electron chi connectivity index (χ1n) is 3.62. The zero-order valence-electron chi connectivity index (χ0n) is 7.50. The molecule has 14 heavy (non-hydrogen) atoms. The van der Waals surface area contributed by atoms with Gasteiger partial charge < -0.3 is 27.7 Å². The predicted molar refractivity (Wildman–Crippen MR) is 56.3 cm³/mol. The fourth-order valence-electron chi connectivity index (χ4n) is 0.650. The summed E-state index contributed by atoms with van der Waals surface area (Å²) in [6.07, 6.45) is 1.08. The molecule has 0 fully saturated rings. The quantitative estimate of drug-likeness (QED) is 0.326. The van der Waals surface area contributed by atoms with Gasteiger partial charge in [-0.25, -0.2) is 0 Å². The van der Waals surface area contributed by atoms with Gasteiger partial charge in [0.15, 0.2) is 0 Å². The molecule has 0 bridgehead atoms. The Bertz CT molecular complexity index is 268. The van der Waals surface area contributed by atoms with Crippen LogP contribution in [0.1, 0.15) is 12.5 Å². The smallest absolute Gasteiger partial charge is 0.850 e. The van der Waals surface area contributed by atoms with Gasteiger partial charge in [0.25, 0.3) is 0 Å². The van der Waals surface area contributed by atoms with Gasteiger partial charge in [0.05, 0.1) is 0 Å². The standard InChI is InChI=1S/C8H9.Mo.H3O2PS2/c1-2-8-6-4-3-5-7-8;;1-3(2,4)5/h3-6H,2H2,1H3;;(H3,1,2,4,5)/q-1;+4;/p-3. The summed E-state index contributed by atoms with van der Waals surface area (Å²) in [5, 5.41) is 0. The molecule has 0 saturated carbocycles. The number of hydrogen-bond acceptors (Lipinski definition) is 4. The van der Waals surface area contributed by atoms with Gasteiger partial charge in [-0.15, -0.1) is 0 Å². The van der Waals surface area contributed by atoms with E-state index in [4.69, 9.17) is 0 Å². The monoisotopic (exact) mass is 330 g/mol. The molecule has 0 heterocycles. The minimum atomic E-state index is -3.72. The number of rotatable bonds is 1. The second-order valence-electron chi connectivity index (χ2n) is 2.19. The third-order valence-electron chi connectivity index (χ3n) is 1.15. The molecule has 0 aliphatic rings. The number of aryl methyl sites for hydroxylation is 1. The maximum absolute atomic E-state index is 9.29. The summed E-state index contributed by atoms with van der Waals surface area (Å²) < 4.78 is 0. The van der Waals surface area contributed by atoms with Crippen LogP contribution in [-0.4, -0.2) is 0 Å². The van der Waals surface area contributed by atoms with Crippen molar-refractivity contribution in [3.63, 3.8) is 0 Å². The van der Waals surface area contributed by atoms with Gasteiger partial charge in [0.2, 0.25) is 0 Å². The van der Waals surface area contributed by atoms with Crippen LogP contribution in [0.5, 0.6) is 0 Å². The van der Waals surface area contributed by atoms with Crippen molar-refractivity contribution >= 4 is 29.7 Å². The molecular weight excluding hydrogens is 319 g/mol. The fourth-order valence-corrected chi connectivity index (χ4v) is 0.650. The summed E-state index contributed by atoms with van der Waals surface area (Å²) in [5.74, 6) is 0. The van der Waals surface area contributed by atoms with Gasteiger partial charge in [-0.05, 0) is 0 Å². The van der Waals surface area contributed by atoms with E-state index in [9.17, 15) is 9.79 Å². The normalized spacial score (nSPS) is 9.43. The molecule has 0 radical (unpaired) electrons. The topological polar surface area (TPSA) is 46.1 Å². The van der Waals surface area contributed by atoms with Crippen LogP contribution >= 0.6 is 5.69 Å². The van der Waals surface area contributed by atoms with Crippen LogP contribution in [0.4, 0.5) is 0 Å². The predicted octanol–water partition coefficient (Wildman–Crippen LogP) is 0.525. The van der Waals surface area contributed by atoms with Crippen LogP contribution in [-0.2, 0) is 51.5 Å². The SMILES string of the molecule is CCc1[c-]cccc1.[Mo+4].[O-]P([O-])(=S)[S-]. The Balaban J connectivity index is 0. The summed E-state index contributed by atoms with van der Waals surface area (Å²) in [6.45, 7) is 2.13. The first-order valence-corrected chi connectivity index (χ1v) is 7.27. The minimum absolute atomic E-state index is 0. The average Bonchev–Trinajstić information content (AvgIpc) is 2.03. The molecule has 76 valence electrons. The second kappa shape index (κ2) is 9.08. The molecule has 0 spiro atoms. The van der Waals surface area contributed by atoms with E-state index < -0.39 is 5.69 Å². The number of benzene rings is 1. The van der Waals surface area contributed by atoms with Crippen molar-refractivity contribution in [2.75, 3.05) is 0 Å². The van der Waals surface area contributed by atoms with Crippen molar-refractivity contribution in [3.8, 4) is 0 Å². The molecule has 0 unspecified atom stereocenters. The van der Waals surface area contributed by atoms with Crippen LogP contribution in [0.2, 0.25) is 0 Å². The van der Waals surface area contributed by atoms with Crippen molar-refractivity contribution in [3.05, 3.63) is 35.9 Å². The molecule has 2 nitrogen and oxygen atoms in total. The van der Waals surface area contributed by atoms with Crippen molar-refractivity contribution in [1.29, 1.82) is 0 Å². The molecule has 0 aliphatic carbocycles. The molecule has 0 amide bonds. The van der Waals surface area contributed by atoms with Gasteiger partial charge in [0.1, 0.15) is 0 Å². The van der Waals surface area contributed by atoms with Crippen molar-refractivity contribution < 1.29 is 30.9 Å². The molecule has 6 heteroatoms. The maximum Gasteiger partial charge on any atom is 4.00 e. The average molecular weight is 328 g/mol. The van der Waals surface area contributed by atoms with E-state index in [1.807, 2.05) is 18.2 Å². The Kier molecular flexibility index (Phi) is 11.2. The summed E-state index contributed by atoms with van der Waals surface area (Å²) in [4.78, 5) is 18.6. The van der Waals surface area contributed by atoms with E-state index in [0.29, 0.717) is 0 Å². The second-order valence-corrected chi connectivity index (χ2v) is 6.66. The summed E-state index contributed by atoms with van der Waals surface area (Å²) >= 11 is 7.28. The van der Waals surface area contributed by atoms with Gasteiger partial charge in [-0.2, -0.15) is 47.7 Å². The summed E-state index contributed by atoms with van der Waals surface area (Å²) in [6, 6.07) is 11.2. The summed E-state index contributed by atoms with van der Waals surface area (Å²) in [7, 11) is 0. The molecule has 1 aromatic rings. The van der Waals surface area contributed by atoms with Gasteiger partial charge in [-0.1, -0.05) is 13.3 Å². The maximum atomic E-state index is 9.29. The zero-order chi connectivity index (χ0) is 10.3. The molecular formula is C8H9MoO2PS2. The van der Waals surface area contributed by atoms with Crippen molar-refractivity contribution in [2.24, 2.45) is 0 Å². The van der Waals surface area contributed by atoms with E-state index >= 15 is 0 Å². The zero-order valence-corrected chi connectivity index (χ0v) is 12.0. The van der Waals surface area contributed by atoms with Crippen LogP contribution in [0.3, 0.4) is 0 Å². The van der Waals surface area contributed by atoms with E-state index in [1.54, 1.807) is 0 Å². The van der Waals surface area contributed by atoms with E-state index in [0.717, 1.165) is 6.42 Å². The van der Waals surface area contributed by atoms with E-state index in [2.05, 4.69) is 43.1 Å². The van der Waals surface area contributed by atoms with Crippen molar-refractivity contribution in [1.82, 2.24) is 0 Å². The molecule has 0 N–H and O–H groups in total. The fraction of sp³-hybridized carbons (Fsp3) is 0.250. The molecule has 0 aromatic heterocycles. The first-order chi connectivity index (χ1) is 5.93. The molecule has 0 saturated heterocycles.